The fourth-order valence-electron chi connectivity index (χ4n) is 1.38. The van der Waals surface area contributed by atoms with Gasteiger partial charge < -0.3 is 14.6 Å². The molecule has 15 heavy (non-hydrogen) atoms. The monoisotopic (exact) mass is 210 g/mol. The molecule has 0 aliphatic rings. The molecule has 1 aromatic carbocycles. The number of hydrogen-bond acceptors (Lipinski definition) is 3. The van der Waals surface area contributed by atoms with Gasteiger partial charge in [0.15, 0.2) is 0 Å². The van der Waals surface area contributed by atoms with E-state index in [9.17, 15) is 5.11 Å². The highest BCUT2D eigenvalue weighted by molar-refractivity contribution is 5.36. The summed E-state index contributed by atoms with van der Waals surface area (Å²) in [4.78, 5) is 0. The quantitative estimate of drug-likeness (QED) is 0.827. The lowest BCUT2D eigenvalue weighted by Crippen LogP contribution is -2.31. The number of methoxy groups -OCH3 is 2. The van der Waals surface area contributed by atoms with Gasteiger partial charge in [0.05, 0.1) is 12.7 Å². The van der Waals surface area contributed by atoms with Gasteiger partial charge in [-0.2, -0.15) is 0 Å². The summed E-state index contributed by atoms with van der Waals surface area (Å²) in [5, 5.41) is 10.2. The van der Waals surface area contributed by atoms with Crippen molar-refractivity contribution in [2.24, 2.45) is 0 Å². The minimum absolute atomic E-state index is 0.630. The maximum Gasteiger partial charge on any atom is 0.124 e. The molecule has 0 amide bonds. The number of para-hydroxylation sites is 1. The summed E-state index contributed by atoms with van der Waals surface area (Å²) in [6.07, 6.45) is -0.710. The van der Waals surface area contributed by atoms with Crippen LogP contribution in [0.1, 0.15) is 25.5 Å². The summed E-state index contributed by atoms with van der Waals surface area (Å²) < 4.78 is 10.4. The molecule has 1 atom stereocenters. The van der Waals surface area contributed by atoms with Crippen molar-refractivity contribution in [1.29, 1.82) is 0 Å². The largest absolute Gasteiger partial charge is 0.496 e. The lowest BCUT2D eigenvalue weighted by molar-refractivity contribution is -0.0800. The van der Waals surface area contributed by atoms with E-state index < -0.39 is 11.7 Å². The maximum absolute atomic E-state index is 10.2. The van der Waals surface area contributed by atoms with Crippen LogP contribution in [0.25, 0.3) is 0 Å². The number of benzene rings is 1. The van der Waals surface area contributed by atoms with E-state index in [-0.39, 0.29) is 0 Å². The Morgan fingerprint density at radius 2 is 1.80 bits per heavy atom. The second-order valence-corrected chi connectivity index (χ2v) is 3.95. The molecule has 0 spiro atoms. The number of aliphatic hydroxyl groups excluding tert-OH is 1. The van der Waals surface area contributed by atoms with Gasteiger partial charge in [-0.3, -0.25) is 0 Å². The van der Waals surface area contributed by atoms with Crippen LogP contribution in [0.3, 0.4) is 0 Å². The number of hydrogen-bond donors (Lipinski definition) is 1. The molecule has 1 unspecified atom stereocenters. The summed E-state index contributed by atoms with van der Waals surface area (Å²) in [7, 11) is 3.17. The van der Waals surface area contributed by atoms with Crippen molar-refractivity contribution in [3.8, 4) is 5.75 Å². The standard InChI is InChI=1S/C12H18O3/c1-12(2,15-4)11(13)9-7-5-6-8-10(9)14-3/h5-8,11,13H,1-4H3. The molecule has 0 bridgehead atoms. The van der Waals surface area contributed by atoms with Crippen LogP contribution in [0.4, 0.5) is 0 Å². The summed E-state index contributed by atoms with van der Waals surface area (Å²) in [6.45, 7) is 3.67. The van der Waals surface area contributed by atoms with Crippen molar-refractivity contribution in [2.75, 3.05) is 14.2 Å². The molecule has 0 aliphatic heterocycles. The predicted octanol–water partition coefficient (Wildman–Crippen LogP) is 2.15. The maximum atomic E-state index is 10.2. The fraction of sp³-hybridized carbons (Fsp3) is 0.500. The molecular weight excluding hydrogens is 192 g/mol. The van der Waals surface area contributed by atoms with Crippen LogP contribution in [0.5, 0.6) is 5.75 Å². The van der Waals surface area contributed by atoms with E-state index in [1.165, 1.54) is 0 Å². The Labute approximate surface area is 90.6 Å². The molecule has 0 aliphatic carbocycles. The van der Waals surface area contributed by atoms with Gasteiger partial charge in [0.1, 0.15) is 11.9 Å². The second-order valence-electron chi connectivity index (χ2n) is 3.95. The number of aliphatic hydroxyl groups is 1. The number of rotatable bonds is 4. The molecular formula is C12H18O3. The van der Waals surface area contributed by atoms with Gasteiger partial charge in [0, 0.05) is 12.7 Å². The minimum atomic E-state index is -0.710. The molecule has 1 N–H and O–H groups in total. The zero-order chi connectivity index (χ0) is 11.5. The topological polar surface area (TPSA) is 38.7 Å². The van der Waals surface area contributed by atoms with Gasteiger partial charge in [-0.15, -0.1) is 0 Å². The van der Waals surface area contributed by atoms with Crippen LogP contribution in [-0.4, -0.2) is 24.9 Å². The van der Waals surface area contributed by atoms with Crippen molar-refractivity contribution in [3.63, 3.8) is 0 Å². The van der Waals surface area contributed by atoms with E-state index in [1.807, 2.05) is 38.1 Å². The highest BCUT2D eigenvalue weighted by Crippen LogP contribution is 2.33. The Kier molecular flexibility index (Phi) is 3.72. The average molecular weight is 210 g/mol. The first-order valence-electron chi connectivity index (χ1n) is 4.89. The molecule has 0 fully saturated rings. The van der Waals surface area contributed by atoms with Crippen LogP contribution in [0, 0.1) is 0 Å². The Morgan fingerprint density at radius 1 is 1.20 bits per heavy atom. The Bertz CT molecular complexity index is 320. The minimum Gasteiger partial charge on any atom is -0.496 e. The van der Waals surface area contributed by atoms with Crippen molar-refractivity contribution in [3.05, 3.63) is 29.8 Å². The van der Waals surface area contributed by atoms with Gasteiger partial charge in [-0.05, 0) is 19.9 Å². The molecule has 0 heterocycles. The van der Waals surface area contributed by atoms with Crippen molar-refractivity contribution in [2.45, 2.75) is 25.6 Å². The summed E-state index contributed by atoms with van der Waals surface area (Å²) >= 11 is 0. The Balaban J connectivity index is 3.05. The third-order valence-electron chi connectivity index (χ3n) is 2.62. The Morgan fingerprint density at radius 3 is 2.33 bits per heavy atom. The SMILES string of the molecule is COc1ccccc1C(O)C(C)(C)OC. The zero-order valence-corrected chi connectivity index (χ0v) is 9.65. The molecule has 1 rings (SSSR count). The molecule has 0 aromatic heterocycles. The van der Waals surface area contributed by atoms with Crippen molar-refractivity contribution >= 4 is 0 Å². The van der Waals surface area contributed by atoms with Crippen LogP contribution in [0.2, 0.25) is 0 Å². The van der Waals surface area contributed by atoms with E-state index in [1.54, 1.807) is 14.2 Å². The lowest BCUT2D eigenvalue weighted by Gasteiger charge is -2.30. The van der Waals surface area contributed by atoms with Crippen molar-refractivity contribution < 1.29 is 14.6 Å². The first kappa shape index (κ1) is 12.0. The van der Waals surface area contributed by atoms with E-state index in [0.29, 0.717) is 5.75 Å². The third-order valence-corrected chi connectivity index (χ3v) is 2.62. The summed E-state index contributed by atoms with van der Waals surface area (Å²) in [5.41, 5.74) is 0.112. The molecule has 3 heteroatoms. The van der Waals surface area contributed by atoms with Gasteiger partial charge in [0.2, 0.25) is 0 Å². The summed E-state index contributed by atoms with van der Waals surface area (Å²) in [5.74, 6) is 0.676. The first-order valence-corrected chi connectivity index (χ1v) is 4.89. The molecule has 0 saturated carbocycles. The third kappa shape index (κ3) is 2.49. The predicted molar refractivity (Wildman–Crippen MR) is 59.0 cm³/mol. The van der Waals surface area contributed by atoms with E-state index in [2.05, 4.69) is 0 Å². The van der Waals surface area contributed by atoms with Gasteiger partial charge >= 0.3 is 0 Å². The highest BCUT2D eigenvalue weighted by atomic mass is 16.5. The van der Waals surface area contributed by atoms with Gasteiger partial charge in [-0.25, -0.2) is 0 Å². The molecule has 3 nitrogen and oxygen atoms in total. The number of ether oxygens (including phenoxy) is 2. The van der Waals surface area contributed by atoms with Crippen LogP contribution in [-0.2, 0) is 4.74 Å². The lowest BCUT2D eigenvalue weighted by atomic mass is 9.94. The summed E-state index contributed by atoms with van der Waals surface area (Å²) in [6, 6.07) is 7.40. The van der Waals surface area contributed by atoms with Gasteiger partial charge in [0.25, 0.3) is 0 Å². The van der Waals surface area contributed by atoms with E-state index in [4.69, 9.17) is 9.47 Å². The Hall–Kier alpha value is -1.06. The van der Waals surface area contributed by atoms with Crippen LogP contribution >= 0.6 is 0 Å². The molecule has 84 valence electrons. The van der Waals surface area contributed by atoms with E-state index in [0.717, 1.165) is 5.56 Å². The first-order chi connectivity index (χ1) is 7.03. The molecule has 1 aromatic rings. The zero-order valence-electron chi connectivity index (χ0n) is 9.65. The van der Waals surface area contributed by atoms with Crippen molar-refractivity contribution in [1.82, 2.24) is 0 Å². The smallest absolute Gasteiger partial charge is 0.124 e. The molecule has 0 saturated heterocycles. The van der Waals surface area contributed by atoms with Crippen LogP contribution < -0.4 is 4.74 Å². The molecule has 0 radical (unpaired) electrons. The van der Waals surface area contributed by atoms with E-state index >= 15 is 0 Å². The van der Waals surface area contributed by atoms with Crippen LogP contribution in [0.15, 0.2) is 24.3 Å². The fourth-order valence-corrected chi connectivity index (χ4v) is 1.38. The second kappa shape index (κ2) is 4.64. The van der Waals surface area contributed by atoms with Gasteiger partial charge in [-0.1, -0.05) is 18.2 Å². The highest BCUT2D eigenvalue weighted by Gasteiger charge is 2.30. The average Bonchev–Trinajstić information content (AvgIpc) is 2.28. The normalized spacial score (nSPS) is 13.7.